The Morgan fingerprint density at radius 3 is 2.88 bits per heavy atom. The van der Waals surface area contributed by atoms with Gasteiger partial charge in [-0.3, -0.25) is 5.10 Å². The van der Waals surface area contributed by atoms with E-state index in [1.54, 1.807) is 12.3 Å². The number of sulfonamides is 1. The molecule has 1 heterocycles. The third kappa shape index (κ3) is 5.24. The zero-order valence-electron chi connectivity index (χ0n) is 9.43. The number of aromatic amines is 1. The topological polar surface area (TPSA) is 84.1 Å². The fourth-order valence-corrected chi connectivity index (χ4v) is 1.87. The number of hydrogen-bond acceptors (Lipinski definition) is 4. The quantitative estimate of drug-likeness (QED) is 0.723. The van der Waals surface area contributed by atoms with Crippen molar-refractivity contribution in [1.29, 1.82) is 0 Å². The number of aromatic nitrogens is 2. The highest BCUT2D eigenvalue weighted by Gasteiger charge is 2.10. The molecule has 0 unspecified atom stereocenters. The molecule has 92 valence electrons. The van der Waals surface area contributed by atoms with Gasteiger partial charge >= 0.3 is 0 Å². The van der Waals surface area contributed by atoms with Gasteiger partial charge in [-0.15, -0.1) is 0 Å². The molecule has 0 aliphatic carbocycles. The molecule has 2 N–H and O–H groups in total. The van der Waals surface area contributed by atoms with Crippen molar-refractivity contribution in [2.75, 3.05) is 12.4 Å². The van der Waals surface area contributed by atoms with Gasteiger partial charge in [-0.2, -0.15) is 5.10 Å². The summed E-state index contributed by atoms with van der Waals surface area (Å²) < 4.78 is 30.6. The third-order valence-electron chi connectivity index (χ3n) is 1.84. The van der Waals surface area contributed by atoms with Crippen molar-refractivity contribution in [3.8, 4) is 0 Å². The van der Waals surface area contributed by atoms with Crippen molar-refractivity contribution in [3.05, 3.63) is 18.0 Å². The Labute approximate surface area is 95.4 Å². The van der Waals surface area contributed by atoms with Gasteiger partial charge in [0, 0.05) is 6.20 Å². The molecule has 0 saturated carbocycles. The minimum absolute atomic E-state index is 0.0285. The molecule has 0 spiro atoms. The molecule has 7 heteroatoms. The number of ether oxygens (including phenoxy) is 1. The maximum atomic E-state index is 11.5. The zero-order chi connectivity index (χ0) is 12.0. The SMILES string of the molecule is CC(C)OCCS(=O)(=O)NCc1ccn[nH]1. The summed E-state index contributed by atoms with van der Waals surface area (Å²) >= 11 is 0. The van der Waals surface area contributed by atoms with E-state index in [0.29, 0.717) is 0 Å². The Hall–Kier alpha value is -0.920. The summed E-state index contributed by atoms with van der Waals surface area (Å²) in [5.41, 5.74) is 0.730. The number of rotatable bonds is 7. The molecule has 0 radical (unpaired) electrons. The van der Waals surface area contributed by atoms with E-state index in [-0.39, 0.29) is 25.0 Å². The second kappa shape index (κ2) is 5.97. The van der Waals surface area contributed by atoms with Crippen LogP contribution >= 0.6 is 0 Å². The lowest BCUT2D eigenvalue weighted by atomic mass is 10.4. The molecule has 0 saturated heterocycles. The molecule has 0 aliphatic heterocycles. The lowest BCUT2D eigenvalue weighted by Gasteiger charge is -2.08. The fraction of sp³-hybridized carbons (Fsp3) is 0.667. The van der Waals surface area contributed by atoms with Crippen molar-refractivity contribution in [2.24, 2.45) is 0 Å². The summed E-state index contributed by atoms with van der Waals surface area (Å²) in [6.07, 6.45) is 1.62. The second-order valence-electron chi connectivity index (χ2n) is 3.64. The van der Waals surface area contributed by atoms with Crippen LogP contribution in [0.2, 0.25) is 0 Å². The Balaban J connectivity index is 2.29. The van der Waals surface area contributed by atoms with Crippen LogP contribution in [0.15, 0.2) is 12.3 Å². The number of nitrogens with zero attached hydrogens (tertiary/aromatic N) is 1. The van der Waals surface area contributed by atoms with E-state index in [1.165, 1.54) is 0 Å². The van der Waals surface area contributed by atoms with Crippen LogP contribution in [-0.2, 0) is 21.3 Å². The zero-order valence-corrected chi connectivity index (χ0v) is 10.3. The molecule has 0 atom stereocenters. The first-order chi connectivity index (χ1) is 7.49. The van der Waals surface area contributed by atoms with Crippen molar-refractivity contribution < 1.29 is 13.2 Å². The molecular formula is C9H17N3O3S. The molecule has 0 bridgehead atoms. The monoisotopic (exact) mass is 247 g/mol. The highest BCUT2D eigenvalue weighted by molar-refractivity contribution is 7.89. The standard InChI is InChI=1S/C9H17N3O3S/c1-8(2)15-5-6-16(13,14)11-7-9-3-4-10-12-9/h3-4,8,11H,5-7H2,1-2H3,(H,10,12). The van der Waals surface area contributed by atoms with Gasteiger partial charge in [0.15, 0.2) is 0 Å². The normalized spacial score (nSPS) is 12.2. The van der Waals surface area contributed by atoms with Gasteiger partial charge in [0.2, 0.25) is 10.0 Å². The molecule has 1 aromatic heterocycles. The predicted molar refractivity (Wildman–Crippen MR) is 60.3 cm³/mol. The number of nitrogens with one attached hydrogen (secondary N) is 2. The smallest absolute Gasteiger partial charge is 0.214 e. The van der Waals surface area contributed by atoms with E-state index in [9.17, 15) is 8.42 Å². The Kier molecular flexibility index (Phi) is 4.91. The summed E-state index contributed by atoms with van der Waals surface area (Å²) in [6, 6.07) is 1.72. The maximum absolute atomic E-state index is 11.5. The van der Waals surface area contributed by atoms with E-state index in [0.717, 1.165) is 5.69 Å². The second-order valence-corrected chi connectivity index (χ2v) is 5.57. The molecule has 0 fully saturated rings. The van der Waals surface area contributed by atoms with Crippen LogP contribution in [0.25, 0.3) is 0 Å². The van der Waals surface area contributed by atoms with Crippen LogP contribution in [0.3, 0.4) is 0 Å². The van der Waals surface area contributed by atoms with E-state index in [2.05, 4.69) is 14.9 Å². The van der Waals surface area contributed by atoms with Crippen LogP contribution in [0.5, 0.6) is 0 Å². The lowest BCUT2D eigenvalue weighted by molar-refractivity contribution is 0.0911. The van der Waals surface area contributed by atoms with Crippen molar-refractivity contribution in [1.82, 2.24) is 14.9 Å². The highest BCUT2D eigenvalue weighted by Crippen LogP contribution is 1.94. The van der Waals surface area contributed by atoms with Crippen LogP contribution in [0, 0.1) is 0 Å². The van der Waals surface area contributed by atoms with Gasteiger partial charge in [0.25, 0.3) is 0 Å². The number of H-pyrrole nitrogens is 1. The minimum Gasteiger partial charge on any atom is -0.378 e. The summed E-state index contributed by atoms with van der Waals surface area (Å²) in [5.74, 6) is -0.0285. The molecule has 0 amide bonds. The van der Waals surface area contributed by atoms with Crippen LogP contribution < -0.4 is 4.72 Å². The van der Waals surface area contributed by atoms with Gasteiger partial charge < -0.3 is 4.74 Å². The molecule has 1 rings (SSSR count). The van der Waals surface area contributed by atoms with Crippen molar-refractivity contribution in [3.63, 3.8) is 0 Å². The minimum atomic E-state index is -3.28. The highest BCUT2D eigenvalue weighted by atomic mass is 32.2. The van der Waals surface area contributed by atoms with Gasteiger partial charge in [-0.1, -0.05) is 0 Å². The Morgan fingerprint density at radius 1 is 1.56 bits per heavy atom. The fourth-order valence-electron chi connectivity index (χ4n) is 1.04. The molecule has 16 heavy (non-hydrogen) atoms. The molecule has 0 aliphatic rings. The summed E-state index contributed by atoms with van der Waals surface area (Å²) in [6.45, 7) is 4.16. The van der Waals surface area contributed by atoms with E-state index in [4.69, 9.17) is 4.74 Å². The van der Waals surface area contributed by atoms with Crippen molar-refractivity contribution in [2.45, 2.75) is 26.5 Å². The van der Waals surface area contributed by atoms with Gasteiger partial charge in [0.05, 0.1) is 30.7 Å². The first-order valence-electron chi connectivity index (χ1n) is 5.07. The van der Waals surface area contributed by atoms with Gasteiger partial charge in [0.1, 0.15) is 0 Å². The number of hydrogen-bond donors (Lipinski definition) is 2. The summed E-state index contributed by atoms with van der Waals surface area (Å²) in [5, 5.41) is 6.40. The Bertz CT molecular complexity index is 386. The molecular weight excluding hydrogens is 230 g/mol. The van der Waals surface area contributed by atoms with Crippen LogP contribution in [0.1, 0.15) is 19.5 Å². The van der Waals surface area contributed by atoms with Crippen LogP contribution in [-0.4, -0.2) is 37.1 Å². The average molecular weight is 247 g/mol. The van der Waals surface area contributed by atoms with Crippen molar-refractivity contribution >= 4 is 10.0 Å². The molecule has 0 aromatic carbocycles. The third-order valence-corrected chi connectivity index (χ3v) is 3.13. The molecule has 1 aromatic rings. The predicted octanol–water partition coefficient (Wildman–Crippen LogP) is 0.254. The average Bonchev–Trinajstić information content (AvgIpc) is 2.66. The van der Waals surface area contributed by atoms with Gasteiger partial charge in [-0.05, 0) is 19.9 Å². The summed E-state index contributed by atoms with van der Waals surface area (Å²) in [7, 11) is -3.28. The van der Waals surface area contributed by atoms with E-state index in [1.807, 2.05) is 13.8 Å². The lowest BCUT2D eigenvalue weighted by Crippen LogP contribution is -2.28. The first kappa shape index (κ1) is 13.1. The van der Waals surface area contributed by atoms with Crippen LogP contribution in [0.4, 0.5) is 0 Å². The summed E-state index contributed by atoms with van der Waals surface area (Å²) in [4.78, 5) is 0. The maximum Gasteiger partial charge on any atom is 0.214 e. The Morgan fingerprint density at radius 2 is 2.31 bits per heavy atom. The first-order valence-corrected chi connectivity index (χ1v) is 6.72. The largest absolute Gasteiger partial charge is 0.378 e. The molecule has 6 nitrogen and oxygen atoms in total. The van der Waals surface area contributed by atoms with E-state index < -0.39 is 10.0 Å². The van der Waals surface area contributed by atoms with Gasteiger partial charge in [-0.25, -0.2) is 13.1 Å². The van der Waals surface area contributed by atoms with E-state index >= 15 is 0 Å².